The van der Waals surface area contributed by atoms with Crippen molar-refractivity contribution in [3.63, 3.8) is 0 Å². The van der Waals surface area contributed by atoms with Crippen molar-refractivity contribution in [2.75, 3.05) is 0 Å². The zero-order valence-electron chi connectivity index (χ0n) is 11.4. The molecule has 0 amide bonds. The molecule has 0 aliphatic heterocycles. The van der Waals surface area contributed by atoms with Crippen LogP contribution in [-0.4, -0.2) is 5.11 Å². The molecule has 4 heteroatoms. The van der Waals surface area contributed by atoms with Crippen LogP contribution in [0, 0.1) is 12.7 Å². The molecule has 1 N–H and O–H groups in total. The number of benzene rings is 2. The summed E-state index contributed by atoms with van der Waals surface area (Å²) in [6.07, 6.45) is -0.604. The van der Waals surface area contributed by atoms with Crippen molar-refractivity contribution < 1.29 is 14.2 Å². The predicted octanol–water partition coefficient (Wildman–Crippen LogP) is 4.53. The molecule has 0 saturated carbocycles. The normalized spacial score (nSPS) is 12.2. The lowest BCUT2D eigenvalue weighted by atomic mass is 10.1. The summed E-state index contributed by atoms with van der Waals surface area (Å²) in [5.41, 5.74) is 2.49. The molecule has 0 spiro atoms. The summed E-state index contributed by atoms with van der Waals surface area (Å²) in [5, 5.41) is 9.74. The molecule has 0 saturated heterocycles. The van der Waals surface area contributed by atoms with Crippen LogP contribution in [-0.2, 0) is 6.61 Å². The van der Waals surface area contributed by atoms with Gasteiger partial charge in [-0.1, -0.05) is 28.1 Å². The van der Waals surface area contributed by atoms with Crippen LogP contribution < -0.4 is 4.74 Å². The van der Waals surface area contributed by atoms with Crippen LogP contribution in [0.15, 0.2) is 40.9 Å². The first kappa shape index (κ1) is 15.0. The topological polar surface area (TPSA) is 29.5 Å². The van der Waals surface area contributed by atoms with Gasteiger partial charge in [0.05, 0.1) is 6.10 Å². The summed E-state index contributed by atoms with van der Waals surface area (Å²) in [5.74, 6) is 0.372. The molecular formula is C16H16BrFO2. The highest BCUT2D eigenvalue weighted by atomic mass is 79.9. The summed E-state index contributed by atoms with van der Waals surface area (Å²) in [6.45, 7) is 3.87. The second kappa shape index (κ2) is 6.37. The third kappa shape index (κ3) is 3.58. The van der Waals surface area contributed by atoms with Gasteiger partial charge in [0.2, 0.25) is 0 Å². The van der Waals surface area contributed by atoms with Crippen molar-refractivity contribution in [1.29, 1.82) is 0 Å². The average molecular weight is 339 g/mol. The number of aliphatic hydroxyl groups is 1. The van der Waals surface area contributed by atoms with E-state index in [2.05, 4.69) is 15.9 Å². The van der Waals surface area contributed by atoms with Gasteiger partial charge in [-0.15, -0.1) is 0 Å². The fourth-order valence-corrected chi connectivity index (χ4v) is 2.30. The van der Waals surface area contributed by atoms with Crippen molar-refractivity contribution in [2.24, 2.45) is 0 Å². The molecule has 0 aliphatic carbocycles. The zero-order valence-corrected chi connectivity index (χ0v) is 12.9. The lowest BCUT2D eigenvalue weighted by molar-refractivity contribution is 0.190. The average Bonchev–Trinajstić information content (AvgIpc) is 2.37. The Morgan fingerprint density at radius 2 is 2.00 bits per heavy atom. The van der Waals surface area contributed by atoms with E-state index in [0.29, 0.717) is 12.4 Å². The Labute approximate surface area is 126 Å². The van der Waals surface area contributed by atoms with Gasteiger partial charge in [0.1, 0.15) is 18.2 Å². The first-order chi connectivity index (χ1) is 9.47. The highest BCUT2D eigenvalue weighted by Gasteiger charge is 2.10. The molecule has 1 atom stereocenters. The van der Waals surface area contributed by atoms with Crippen molar-refractivity contribution in [3.8, 4) is 5.75 Å². The molecule has 0 radical (unpaired) electrons. The Hall–Kier alpha value is -1.39. The fraction of sp³-hybridized carbons (Fsp3) is 0.250. The molecule has 0 fully saturated rings. The molecule has 2 rings (SSSR count). The molecule has 106 valence electrons. The number of aryl methyl sites for hydroxylation is 1. The lowest BCUT2D eigenvalue weighted by Crippen LogP contribution is -2.02. The maximum atomic E-state index is 13.1. The third-order valence-corrected chi connectivity index (χ3v) is 3.61. The Bertz CT molecular complexity index is 611. The third-order valence-electron chi connectivity index (χ3n) is 3.11. The Morgan fingerprint density at radius 3 is 2.65 bits per heavy atom. The van der Waals surface area contributed by atoms with Crippen LogP contribution in [0.2, 0.25) is 0 Å². The van der Waals surface area contributed by atoms with E-state index in [9.17, 15) is 9.50 Å². The number of hydrogen-bond acceptors (Lipinski definition) is 2. The number of aliphatic hydroxyl groups excluding tert-OH is 1. The van der Waals surface area contributed by atoms with Crippen LogP contribution in [0.25, 0.3) is 0 Å². The molecule has 2 aromatic carbocycles. The fourth-order valence-electron chi connectivity index (χ4n) is 1.96. The Balaban J connectivity index is 2.20. The van der Waals surface area contributed by atoms with Crippen LogP contribution in [0.1, 0.15) is 29.7 Å². The molecule has 0 bridgehead atoms. The predicted molar refractivity (Wildman–Crippen MR) is 80.2 cm³/mol. The van der Waals surface area contributed by atoms with E-state index < -0.39 is 6.10 Å². The molecule has 20 heavy (non-hydrogen) atoms. The zero-order chi connectivity index (χ0) is 14.7. The minimum Gasteiger partial charge on any atom is -0.488 e. The van der Waals surface area contributed by atoms with Gasteiger partial charge in [-0.2, -0.15) is 0 Å². The van der Waals surface area contributed by atoms with Crippen LogP contribution in [0.4, 0.5) is 4.39 Å². The number of halogens is 2. The molecule has 0 aromatic heterocycles. The van der Waals surface area contributed by atoms with Crippen molar-refractivity contribution >= 4 is 15.9 Å². The molecule has 0 heterocycles. The monoisotopic (exact) mass is 338 g/mol. The smallest absolute Gasteiger partial charge is 0.126 e. The van der Waals surface area contributed by atoms with Gasteiger partial charge in [0.15, 0.2) is 0 Å². The first-order valence-electron chi connectivity index (χ1n) is 6.32. The van der Waals surface area contributed by atoms with E-state index in [1.165, 1.54) is 12.1 Å². The number of hydrogen-bond donors (Lipinski definition) is 1. The Kier molecular flexibility index (Phi) is 4.78. The van der Waals surface area contributed by atoms with Gasteiger partial charge in [0.25, 0.3) is 0 Å². The first-order valence-corrected chi connectivity index (χ1v) is 7.12. The summed E-state index contributed by atoms with van der Waals surface area (Å²) in [6, 6.07) is 10.1. The second-order valence-electron chi connectivity index (χ2n) is 4.72. The van der Waals surface area contributed by atoms with Gasteiger partial charge in [0, 0.05) is 10.0 Å². The highest BCUT2D eigenvalue weighted by Crippen LogP contribution is 2.29. The van der Waals surface area contributed by atoms with Gasteiger partial charge in [-0.25, -0.2) is 4.39 Å². The quantitative estimate of drug-likeness (QED) is 0.887. The van der Waals surface area contributed by atoms with Gasteiger partial charge in [-0.05, 0) is 49.2 Å². The maximum absolute atomic E-state index is 13.1. The maximum Gasteiger partial charge on any atom is 0.126 e. The summed E-state index contributed by atoms with van der Waals surface area (Å²) >= 11 is 3.38. The SMILES string of the molecule is Cc1cc(F)ccc1COc1cc(Br)ccc1[C@@H](C)O. The minimum absolute atomic E-state index is 0.252. The standard InChI is InChI=1S/C16H16BrFO2/c1-10-7-14(18)5-3-12(10)9-20-16-8-13(17)4-6-15(16)11(2)19/h3-8,11,19H,9H2,1-2H3/t11-/m1/s1. The van der Waals surface area contributed by atoms with Crippen LogP contribution in [0.3, 0.4) is 0 Å². The van der Waals surface area contributed by atoms with Crippen molar-refractivity contribution in [1.82, 2.24) is 0 Å². The number of ether oxygens (including phenoxy) is 1. The van der Waals surface area contributed by atoms with Crippen LogP contribution >= 0.6 is 15.9 Å². The van der Waals surface area contributed by atoms with E-state index in [1.54, 1.807) is 13.0 Å². The largest absolute Gasteiger partial charge is 0.488 e. The summed E-state index contributed by atoms with van der Waals surface area (Å²) < 4.78 is 19.7. The van der Waals surface area contributed by atoms with Crippen molar-refractivity contribution in [3.05, 3.63) is 63.4 Å². The minimum atomic E-state index is -0.604. The molecular weight excluding hydrogens is 323 g/mol. The highest BCUT2D eigenvalue weighted by molar-refractivity contribution is 9.10. The van der Waals surface area contributed by atoms with Gasteiger partial charge in [-0.3, -0.25) is 0 Å². The summed E-state index contributed by atoms with van der Waals surface area (Å²) in [7, 11) is 0. The Morgan fingerprint density at radius 1 is 1.25 bits per heavy atom. The van der Waals surface area contributed by atoms with Gasteiger partial charge < -0.3 is 9.84 Å². The van der Waals surface area contributed by atoms with Crippen molar-refractivity contribution in [2.45, 2.75) is 26.6 Å². The van der Waals surface area contributed by atoms with Gasteiger partial charge >= 0.3 is 0 Å². The molecule has 2 nitrogen and oxygen atoms in total. The van der Waals surface area contributed by atoms with E-state index >= 15 is 0 Å². The summed E-state index contributed by atoms with van der Waals surface area (Å²) in [4.78, 5) is 0. The van der Waals surface area contributed by atoms with E-state index in [-0.39, 0.29) is 5.82 Å². The van der Waals surface area contributed by atoms with E-state index in [4.69, 9.17) is 4.74 Å². The molecule has 0 unspecified atom stereocenters. The second-order valence-corrected chi connectivity index (χ2v) is 5.63. The van der Waals surface area contributed by atoms with E-state index in [0.717, 1.165) is 21.2 Å². The van der Waals surface area contributed by atoms with Crippen LogP contribution in [0.5, 0.6) is 5.75 Å². The van der Waals surface area contributed by atoms with E-state index in [1.807, 2.05) is 25.1 Å². The molecule has 2 aromatic rings. The number of rotatable bonds is 4. The lowest BCUT2D eigenvalue weighted by Gasteiger charge is -2.15. The molecule has 0 aliphatic rings.